The van der Waals surface area contributed by atoms with Gasteiger partial charge in [-0.05, 0) is 23.8 Å². The Labute approximate surface area is 119 Å². The summed E-state index contributed by atoms with van der Waals surface area (Å²) in [5, 5.41) is 1.83. The van der Waals surface area contributed by atoms with Crippen LogP contribution in [0.2, 0.25) is 0 Å². The zero-order chi connectivity index (χ0) is 14.1. The fourth-order valence-corrected chi connectivity index (χ4v) is 2.40. The quantitative estimate of drug-likeness (QED) is 0.733. The van der Waals surface area contributed by atoms with Crippen LogP contribution in [0.4, 0.5) is 10.3 Å². The van der Waals surface area contributed by atoms with Gasteiger partial charge in [-0.1, -0.05) is 36.0 Å². The first-order chi connectivity index (χ1) is 9.69. The largest absolute Gasteiger partial charge is 0.368 e. The van der Waals surface area contributed by atoms with Gasteiger partial charge in [-0.2, -0.15) is 9.97 Å². The van der Waals surface area contributed by atoms with Crippen LogP contribution in [0.15, 0.2) is 41.6 Å². The molecule has 6 heteroatoms. The van der Waals surface area contributed by atoms with E-state index in [-0.39, 0.29) is 11.8 Å². The van der Waals surface area contributed by atoms with Gasteiger partial charge in [0.15, 0.2) is 11.0 Å². The van der Waals surface area contributed by atoms with E-state index in [1.807, 2.05) is 18.4 Å². The predicted molar refractivity (Wildman–Crippen MR) is 78.9 cm³/mol. The molecule has 100 valence electrons. The van der Waals surface area contributed by atoms with E-state index in [9.17, 15) is 4.39 Å². The van der Waals surface area contributed by atoms with Gasteiger partial charge in [-0.3, -0.25) is 0 Å². The van der Waals surface area contributed by atoms with E-state index in [2.05, 4.69) is 15.0 Å². The summed E-state index contributed by atoms with van der Waals surface area (Å²) in [6, 6.07) is 10.3. The van der Waals surface area contributed by atoms with Crippen molar-refractivity contribution in [2.75, 3.05) is 12.0 Å². The highest BCUT2D eigenvalue weighted by atomic mass is 32.2. The Morgan fingerprint density at radius 3 is 2.50 bits per heavy atom. The summed E-state index contributed by atoms with van der Waals surface area (Å²) in [6.07, 6.45) is 1.86. The highest BCUT2D eigenvalue weighted by molar-refractivity contribution is 7.98. The van der Waals surface area contributed by atoms with Gasteiger partial charge in [-0.15, -0.1) is 0 Å². The number of nitrogens with two attached hydrogens (primary N) is 1. The minimum atomic E-state index is -0.267. The number of nitrogens with zero attached hydrogens (tertiary/aromatic N) is 3. The number of benzene rings is 2. The molecule has 0 saturated carbocycles. The molecule has 2 aromatic carbocycles. The number of thioether (sulfide) groups is 1. The first-order valence-corrected chi connectivity index (χ1v) is 7.14. The minimum Gasteiger partial charge on any atom is -0.368 e. The molecule has 0 unspecified atom stereocenters. The smallest absolute Gasteiger partial charge is 0.224 e. The molecular weight excluding hydrogens is 275 g/mol. The Morgan fingerprint density at radius 2 is 1.75 bits per heavy atom. The second kappa shape index (κ2) is 5.05. The van der Waals surface area contributed by atoms with Gasteiger partial charge >= 0.3 is 0 Å². The summed E-state index contributed by atoms with van der Waals surface area (Å²) in [6.45, 7) is 0. The Balaban J connectivity index is 2.30. The molecule has 0 spiro atoms. The average molecular weight is 286 g/mol. The molecule has 0 saturated heterocycles. The van der Waals surface area contributed by atoms with Gasteiger partial charge in [0.05, 0.1) is 0 Å². The first-order valence-electron chi connectivity index (χ1n) is 5.92. The van der Waals surface area contributed by atoms with Crippen LogP contribution in [0, 0.1) is 5.82 Å². The maximum Gasteiger partial charge on any atom is 0.224 e. The molecule has 0 radical (unpaired) electrons. The Kier molecular flexibility index (Phi) is 3.23. The highest BCUT2D eigenvalue weighted by Gasteiger charge is 2.11. The number of anilines is 1. The Hall–Kier alpha value is -2.21. The van der Waals surface area contributed by atoms with Crippen molar-refractivity contribution < 1.29 is 4.39 Å². The number of fused-ring (bicyclic) bond motifs is 1. The molecule has 0 amide bonds. The van der Waals surface area contributed by atoms with Gasteiger partial charge in [-0.25, -0.2) is 9.37 Å². The molecule has 0 aliphatic carbocycles. The van der Waals surface area contributed by atoms with Crippen LogP contribution in [-0.4, -0.2) is 21.2 Å². The van der Waals surface area contributed by atoms with E-state index in [1.54, 1.807) is 18.2 Å². The molecule has 0 aliphatic heterocycles. The number of halogens is 1. The summed E-state index contributed by atoms with van der Waals surface area (Å²) >= 11 is 1.38. The molecular formula is C14H11FN4S. The van der Waals surface area contributed by atoms with Crippen molar-refractivity contribution in [2.45, 2.75) is 5.16 Å². The van der Waals surface area contributed by atoms with Crippen LogP contribution >= 0.6 is 11.8 Å². The minimum absolute atomic E-state index is 0.160. The summed E-state index contributed by atoms with van der Waals surface area (Å²) in [5.74, 6) is 0.349. The lowest BCUT2D eigenvalue weighted by Gasteiger charge is -2.07. The van der Waals surface area contributed by atoms with Crippen LogP contribution in [0.25, 0.3) is 22.2 Å². The second-order valence-corrected chi connectivity index (χ2v) is 4.92. The van der Waals surface area contributed by atoms with Gasteiger partial charge in [0.25, 0.3) is 0 Å². The lowest BCUT2D eigenvalue weighted by atomic mass is 10.0. The average Bonchev–Trinajstić information content (AvgIpc) is 2.47. The Morgan fingerprint density at radius 1 is 1.00 bits per heavy atom. The third-order valence-electron chi connectivity index (χ3n) is 2.93. The van der Waals surface area contributed by atoms with Crippen LogP contribution in [-0.2, 0) is 0 Å². The van der Waals surface area contributed by atoms with E-state index in [0.717, 1.165) is 10.9 Å². The summed E-state index contributed by atoms with van der Waals surface area (Å²) in [5.41, 5.74) is 6.44. The van der Waals surface area contributed by atoms with Crippen LogP contribution in [0.1, 0.15) is 0 Å². The van der Waals surface area contributed by atoms with Crippen molar-refractivity contribution >= 4 is 28.5 Å². The summed E-state index contributed by atoms with van der Waals surface area (Å²) in [4.78, 5) is 12.5. The number of aromatic nitrogens is 3. The van der Waals surface area contributed by atoms with Gasteiger partial charge < -0.3 is 5.73 Å². The predicted octanol–water partition coefficient (Wildman–Crippen LogP) is 3.14. The molecule has 3 rings (SSSR count). The van der Waals surface area contributed by atoms with Crippen molar-refractivity contribution in [3.63, 3.8) is 0 Å². The third-order valence-corrected chi connectivity index (χ3v) is 3.47. The highest BCUT2D eigenvalue weighted by Crippen LogP contribution is 2.29. The van der Waals surface area contributed by atoms with Crippen molar-refractivity contribution in [1.82, 2.24) is 15.0 Å². The van der Waals surface area contributed by atoms with Crippen LogP contribution in [0.5, 0.6) is 0 Å². The molecule has 0 atom stereocenters. The SMILES string of the molecule is CSc1nc(N)nc(-c2ccc(F)c3ccccc23)n1. The molecule has 1 aromatic heterocycles. The van der Waals surface area contributed by atoms with Crippen LogP contribution in [0.3, 0.4) is 0 Å². The summed E-state index contributed by atoms with van der Waals surface area (Å²) < 4.78 is 13.8. The van der Waals surface area contributed by atoms with Gasteiger partial charge in [0, 0.05) is 10.9 Å². The van der Waals surface area contributed by atoms with Crippen molar-refractivity contribution in [3.8, 4) is 11.4 Å². The molecule has 0 bridgehead atoms. The molecule has 0 fully saturated rings. The number of rotatable bonds is 2. The monoisotopic (exact) mass is 286 g/mol. The standard InChI is InChI=1S/C14H11FN4S/c1-20-14-18-12(17-13(16)19-14)10-6-7-11(15)9-5-3-2-4-8(9)10/h2-7H,1H3,(H2,16,17,18,19). The maximum atomic E-state index is 13.8. The van der Waals surface area contributed by atoms with E-state index in [1.165, 1.54) is 17.8 Å². The molecule has 2 N–H and O–H groups in total. The van der Waals surface area contributed by atoms with Crippen molar-refractivity contribution in [2.24, 2.45) is 0 Å². The molecule has 3 aromatic rings. The fourth-order valence-electron chi connectivity index (χ4n) is 2.04. The van der Waals surface area contributed by atoms with E-state index >= 15 is 0 Å². The Bertz CT molecular complexity index is 791. The van der Waals surface area contributed by atoms with E-state index in [0.29, 0.717) is 16.4 Å². The van der Waals surface area contributed by atoms with Gasteiger partial charge in [0.1, 0.15) is 5.82 Å². The summed E-state index contributed by atoms with van der Waals surface area (Å²) in [7, 11) is 0. The fraction of sp³-hybridized carbons (Fsp3) is 0.0714. The van der Waals surface area contributed by atoms with Crippen molar-refractivity contribution in [1.29, 1.82) is 0 Å². The third kappa shape index (κ3) is 2.18. The zero-order valence-corrected chi connectivity index (χ0v) is 11.5. The normalized spacial score (nSPS) is 10.9. The second-order valence-electron chi connectivity index (χ2n) is 4.14. The maximum absolute atomic E-state index is 13.8. The topological polar surface area (TPSA) is 64.7 Å². The number of hydrogen-bond acceptors (Lipinski definition) is 5. The van der Waals surface area contributed by atoms with Gasteiger partial charge in [0.2, 0.25) is 5.95 Å². The lowest BCUT2D eigenvalue weighted by molar-refractivity contribution is 0.640. The van der Waals surface area contributed by atoms with Crippen molar-refractivity contribution in [3.05, 3.63) is 42.2 Å². The zero-order valence-electron chi connectivity index (χ0n) is 10.7. The molecule has 1 heterocycles. The van der Waals surface area contributed by atoms with E-state index < -0.39 is 0 Å². The lowest BCUT2D eigenvalue weighted by Crippen LogP contribution is -2.01. The molecule has 20 heavy (non-hydrogen) atoms. The number of hydrogen-bond donors (Lipinski definition) is 1. The number of nitrogen functional groups attached to an aromatic ring is 1. The first kappa shape index (κ1) is 12.8. The van der Waals surface area contributed by atoms with Crippen LogP contribution < -0.4 is 5.73 Å². The molecule has 0 aliphatic rings. The molecule has 4 nitrogen and oxygen atoms in total. The van der Waals surface area contributed by atoms with E-state index in [4.69, 9.17) is 5.73 Å².